The fourth-order valence-electron chi connectivity index (χ4n) is 2.87. The van der Waals surface area contributed by atoms with Crippen LogP contribution in [0, 0.1) is 17.5 Å². The van der Waals surface area contributed by atoms with Crippen molar-refractivity contribution in [3.8, 4) is 22.9 Å². The molecule has 3 rings (SSSR count). The van der Waals surface area contributed by atoms with Gasteiger partial charge in [-0.3, -0.25) is 0 Å². The number of hydrogen-bond acceptors (Lipinski definition) is 7. The van der Waals surface area contributed by atoms with Crippen molar-refractivity contribution in [2.45, 2.75) is 4.90 Å². The number of pyridine rings is 1. The highest BCUT2D eigenvalue weighted by atomic mass is 32.2. The van der Waals surface area contributed by atoms with E-state index in [1.807, 2.05) is 0 Å². The third kappa shape index (κ3) is 3.81. The van der Waals surface area contributed by atoms with Gasteiger partial charge in [0.1, 0.15) is 33.6 Å². The lowest BCUT2D eigenvalue weighted by Crippen LogP contribution is -2.15. The number of hydrogen-bond donors (Lipinski definition) is 0. The number of methoxy groups -OCH3 is 3. The number of aromatic nitrogens is 2. The zero-order chi connectivity index (χ0) is 22.9. The van der Waals surface area contributed by atoms with Crippen LogP contribution in [-0.2, 0) is 14.8 Å². The van der Waals surface area contributed by atoms with Crippen LogP contribution < -0.4 is 9.47 Å². The van der Waals surface area contributed by atoms with Gasteiger partial charge in [-0.25, -0.2) is 35.3 Å². The van der Waals surface area contributed by atoms with Gasteiger partial charge >= 0.3 is 5.97 Å². The summed E-state index contributed by atoms with van der Waals surface area (Å²) in [5.41, 5.74) is -2.01. The second kappa shape index (κ2) is 8.30. The van der Waals surface area contributed by atoms with Crippen LogP contribution in [0.3, 0.4) is 0 Å². The summed E-state index contributed by atoms with van der Waals surface area (Å²) in [5, 5.41) is 0. The predicted octanol–water partition coefficient (Wildman–Crippen LogP) is 3.01. The molecule has 0 aliphatic carbocycles. The molecule has 0 N–H and O–H groups in total. The molecule has 0 bridgehead atoms. The molecule has 0 saturated heterocycles. The Bertz CT molecular complexity index is 1230. The van der Waals surface area contributed by atoms with Gasteiger partial charge in [0, 0.05) is 24.4 Å². The molecule has 2 heterocycles. The molecule has 0 saturated carbocycles. The molecule has 2 aromatic heterocycles. The van der Waals surface area contributed by atoms with Crippen molar-refractivity contribution in [3.05, 3.63) is 59.7 Å². The highest BCUT2D eigenvalue weighted by molar-refractivity contribution is 7.90. The van der Waals surface area contributed by atoms with E-state index in [2.05, 4.69) is 9.72 Å². The Morgan fingerprint density at radius 3 is 2.16 bits per heavy atom. The van der Waals surface area contributed by atoms with Gasteiger partial charge in [-0.05, 0) is 6.07 Å². The van der Waals surface area contributed by atoms with Gasteiger partial charge in [0.05, 0.1) is 33.1 Å². The van der Waals surface area contributed by atoms with Crippen LogP contribution in [0.15, 0.2) is 41.6 Å². The maximum absolute atomic E-state index is 14.6. The first-order valence-electron chi connectivity index (χ1n) is 8.43. The average molecular weight is 456 g/mol. The van der Waals surface area contributed by atoms with Crippen LogP contribution in [0.4, 0.5) is 13.2 Å². The number of esters is 1. The van der Waals surface area contributed by atoms with Crippen molar-refractivity contribution < 1.29 is 40.6 Å². The summed E-state index contributed by atoms with van der Waals surface area (Å²) in [6.07, 6.45) is 1.75. The Hall–Kier alpha value is -3.54. The second-order valence-electron chi connectivity index (χ2n) is 6.00. The fraction of sp³-hybridized carbons (Fsp3) is 0.158. The Labute approximate surface area is 174 Å². The number of carbonyl (C=O) groups excluding carboxylic acids is 1. The van der Waals surface area contributed by atoms with E-state index in [-0.39, 0.29) is 10.8 Å². The van der Waals surface area contributed by atoms with Crippen molar-refractivity contribution in [1.29, 1.82) is 0 Å². The lowest BCUT2D eigenvalue weighted by molar-refractivity contribution is 0.0597. The summed E-state index contributed by atoms with van der Waals surface area (Å²) in [6, 6.07) is 3.14. The van der Waals surface area contributed by atoms with Crippen LogP contribution in [0.1, 0.15) is 10.4 Å². The molecule has 0 unspecified atom stereocenters. The molecule has 12 heteroatoms. The number of halogens is 3. The second-order valence-corrected chi connectivity index (χ2v) is 7.81. The Kier molecular flexibility index (Phi) is 5.93. The largest absolute Gasteiger partial charge is 0.494 e. The highest BCUT2D eigenvalue weighted by Gasteiger charge is 2.33. The van der Waals surface area contributed by atoms with Crippen LogP contribution >= 0.6 is 0 Å². The van der Waals surface area contributed by atoms with E-state index in [0.717, 1.165) is 32.7 Å². The molecule has 31 heavy (non-hydrogen) atoms. The molecule has 8 nitrogen and oxygen atoms in total. The van der Waals surface area contributed by atoms with Crippen LogP contribution in [0.5, 0.6) is 11.6 Å². The molecular formula is C19H15F3N2O6S. The molecule has 0 fully saturated rings. The Morgan fingerprint density at radius 1 is 1.03 bits per heavy atom. The molecular weight excluding hydrogens is 441 g/mol. The molecule has 0 amide bonds. The van der Waals surface area contributed by atoms with Crippen molar-refractivity contribution in [1.82, 2.24) is 8.96 Å². The minimum absolute atomic E-state index is 0.120. The fourth-order valence-corrected chi connectivity index (χ4v) is 4.18. The van der Waals surface area contributed by atoms with E-state index >= 15 is 0 Å². The number of nitrogens with zero attached hydrogens (tertiary/aromatic N) is 2. The zero-order valence-corrected chi connectivity index (χ0v) is 17.2. The van der Waals surface area contributed by atoms with Crippen LogP contribution in [0.25, 0.3) is 11.3 Å². The smallest absolute Gasteiger partial charge is 0.343 e. The number of rotatable bonds is 6. The lowest BCUT2D eigenvalue weighted by atomic mass is 10.1. The molecule has 1 aromatic carbocycles. The maximum Gasteiger partial charge on any atom is 0.343 e. The number of benzene rings is 1. The summed E-state index contributed by atoms with van der Waals surface area (Å²) in [5.74, 6) is -5.42. The molecule has 0 atom stereocenters. The van der Waals surface area contributed by atoms with Crippen molar-refractivity contribution >= 4 is 16.0 Å². The van der Waals surface area contributed by atoms with Crippen LogP contribution in [0.2, 0.25) is 0 Å². The topological polar surface area (TPSA) is 96.7 Å². The summed E-state index contributed by atoms with van der Waals surface area (Å²) in [6.45, 7) is 0. The van der Waals surface area contributed by atoms with E-state index < -0.39 is 56.0 Å². The first kappa shape index (κ1) is 22.2. The summed E-state index contributed by atoms with van der Waals surface area (Å²) < 4.78 is 84.2. The lowest BCUT2D eigenvalue weighted by Gasteiger charge is -2.13. The molecule has 0 aliphatic heterocycles. The third-order valence-corrected chi connectivity index (χ3v) is 5.90. The summed E-state index contributed by atoms with van der Waals surface area (Å²) in [7, 11) is -1.14. The first-order chi connectivity index (χ1) is 14.6. The Morgan fingerprint density at radius 2 is 1.68 bits per heavy atom. The van der Waals surface area contributed by atoms with Gasteiger partial charge in [-0.15, -0.1) is 0 Å². The van der Waals surface area contributed by atoms with E-state index in [0.29, 0.717) is 16.1 Å². The van der Waals surface area contributed by atoms with Crippen molar-refractivity contribution in [2.75, 3.05) is 21.3 Å². The third-order valence-electron chi connectivity index (χ3n) is 4.25. The van der Waals surface area contributed by atoms with Gasteiger partial charge in [-0.1, -0.05) is 0 Å². The molecule has 0 spiro atoms. The first-order valence-corrected chi connectivity index (χ1v) is 9.87. The van der Waals surface area contributed by atoms with E-state index in [1.54, 1.807) is 0 Å². The van der Waals surface area contributed by atoms with Gasteiger partial charge < -0.3 is 14.2 Å². The quantitative estimate of drug-likeness (QED) is 0.526. The minimum Gasteiger partial charge on any atom is -0.494 e. The minimum atomic E-state index is -4.56. The van der Waals surface area contributed by atoms with Gasteiger partial charge in [0.2, 0.25) is 5.88 Å². The van der Waals surface area contributed by atoms with E-state index in [4.69, 9.17) is 9.47 Å². The molecule has 0 radical (unpaired) electrons. The number of ether oxygens (including phenoxy) is 3. The van der Waals surface area contributed by atoms with Crippen molar-refractivity contribution in [3.63, 3.8) is 0 Å². The summed E-state index contributed by atoms with van der Waals surface area (Å²) in [4.78, 5) is 15.6. The standard InChI is InChI=1S/C19H15F3N2O6S/c1-28-15-5-4-11(8-23-15)31(26,27)24-9-12(19(25)30-3)18(29-2)17(24)16-13(21)6-10(20)7-14(16)22/h4-9H,1-3H3. The molecule has 3 aromatic rings. The molecule has 0 aliphatic rings. The SMILES string of the molecule is COC(=O)c1cn(S(=O)(=O)c2ccc(OC)nc2)c(-c2c(F)cc(F)cc2F)c1OC. The van der Waals surface area contributed by atoms with Gasteiger partial charge in [-0.2, -0.15) is 0 Å². The van der Waals surface area contributed by atoms with Crippen molar-refractivity contribution in [2.24, 2.45) is 0 Å². The zero-order valence-electron chi connectivity index (χ0n) is 16.4. The highest BCUT2D eigenvalue weighted by Crippen LogP contribution is 2.40. The van der Waals surface area contributed by atoms with Gasteiger partial charge in [0.15, 0.2) is 5.75 Å². The van der Waals surface area contributed by atoms with E-state index in [1.165, 1.54) is 13.2 Å². The van der Waals surface area contributed by atoms with Gasteiger partial charge in [0.25, 0.3) is 10.0 Å². The average Bonchev–Trinajstić information content (AvgIpc) is 3.12. The number of carbonyl (C=O) groups is 1. The predicted molar refractivity (Wildman–Crippen MR) is 101 cm³/mol. The normalized spacial score (nSPS) is 11.3. The van der Waals surface area contributed by atoms with Crippen LogP contribution in [-0.4, -0.2) is 44.7 Å². The molecule has 164 valence electrons. The maximum atomic E-state index is 14.6. The summed E-state index contributed by atoms with van der Waals surface area (Å²) >= 11 is 0. The van der Waals surface area contributed by atoms with E-state index in [9.17, 15) is 26.4 Å². The monoisotopic (exact) mass is 456 g/mol. The Balaban J connectivity index is 2.39.